The first-order valence-electron chi connectivity index (χ1n) is 6.64. The summed E-state index contributed by atoms with van der Waals surface area (Å²) in [6, 6.07) is 9.52. The second kappa shape index (κ2) is 5.75. The van der Waals surface area contributed by atoms with Crippen molar-refractivity contribution < 1.29 is 9.59 Å². The third-order valence-corrected chi connectivity index (χ3v) is 4.44. The number of carbonyl (C=O) groups excluding carboxylic acids is 2. The summed E-state index contributed by atoms with van der Waals surface area (Å²) in [7, 11) is 0. The number of hydrogen-bond acceptors (Lipinski definition) is 5. The second-order valence-corrected chi connectivity index (χ2v) is 5.81. The average molecular weight is 300 g/mol. The van der Waals surface area contributed by atoms with Crippen LogP contribution in [0.3, 0.4) is 0 Å². The fourth-order valence-corrected chi connectivity index (χ4v) is 3.02. The van der Waals surface area contributed by atoms with Gasteiger partial charge in [0.1, 0.15) is 5.69 Å². The van der Waals surface area contributed by atoms with E-state index in [2.05, 4.69) is 10.3 Å². The Morgan fingerprint density at radius 2 is 2.05 bits per heavy atom. The van der Waals surface area contributed by atoms with Gasteiger partial charge in [0.05, 0.1) is 11.3 Å². The summed E-state index contributed by atoms with van der Waals surface area (Å²) in [4.78, 5) is 28.5. The number of amides is 1. The molecular formula is C15H14N3O2S. The fraction of sp³-hybridized carbons (Fsp3) is 0.200. The smallest absolute Gasteiger partial charge is 0.277 e. The predicted octanol–water partition coefficient (Wildman–Crippen LogP) is 1.66. The van der Waals surface area contributed by atoms with E-state index in [0.717, 1.165) is 29.9 Å². The summed E-state index contributed by atoms with van der Waals surface area (Å²) in [5.41, 5.74) is 6.45. The van der Waals surface area contributed by atoms with Crippen molar-refractivity contribution in [2.24, 2.45) is 5.73 Å². The second-order valence-electron chi connectivity index (χ2n) is 4.81. The van der Waals surface area contributed by atoms with Crippen LogP contribution in [0.4, 0.5) is 0 Å². The van der Waals surface area contributed by atoms with Crippen molar-refractivity contribution in [3.63, 3.8) is 0 Å². The number of carbonyl (C=O) groups is 2. The predicted molar refractivity (Wildman–Crippen MR) is 81.1 cm³/mol. The molecule has 0 bridgehead atoms. The van der Waals surface area contributed by atoms with Crippen LogP contribution in [0.15, 0.2) is 30.3 Å². The third kappa shape index (κ3) is 2.86. The van der Waals surface area contributed by atoms with Crippen LogP contribution < -0.4 is 11.1 Å². The molecule has 21 heavy (non-hydrogen) atoms. The molecule has 1 fully saturated rings. The fourth-order valence-electron chi connectivity index (χ4n) is 2.09. The quantitative estimate of drug-likeness (QED) is 0.822. The topological polar surface area (TPSA) is 85.1 Å². The van der Waals surface area contributed by atoms with Crippen LogP contribution in [0, 0.1) is 6.42 Å². The molecule has 0 saturated carbocycles. The van der Waals surface area contributed by atoms with E-state index in [1.807, 2.05) is 30.3 Å². The van der Waals surface area contributed by atoms with Crippen molar-refractivity contribution >= 4 is 23.0 Å². The minimum absolute atomic E-state index is 0.0971. The number of nitrogens with two attached hydrogens (primary N) is 1. The Labute approximate surface area is 126 Å². The maximum Gasteiger partial charge on any atom is 0.277 e. The van der Waals surface area contributed by atoms with Gasteiger partial charge in [-0.3, -0.25) is 9.59 Å². The molecular weight excluding hydrogens is 286 g/mol. The maximum absolute atomic E-state index is 12.4. The molecule has 3 rings (SSSR count). The normalized spacial score (nSPS) is 17.2. The van der Waals surface area contributed by atoms with Crippen molar-refractivity contribution in [2.45, 2.75) is 12.5 Å². The van der Waals surface area contributed by atoms with Crippen molar-refractivity contribution in [1.82, 2.24) is 10.3 Å². The van der Waals surface area contributed by atoms with Crippen LogP contribution >= 0.6 is 11.3 Å². The molecule has 1 radical (unpaired) electrons. The molecule has 1 amide bonds. The lowest BCUT2D eigenvalue weighted by Gasteiger charge is -2.26. The van der Waals surface area contributed by atoms with Crippen molar-refractivity contribution in [3.8, 4) is 10.4 Å². The summed E-state index contributed by atoms with van der Waals surface area (Å²) >= 11 is 1.15. The standard InChI is InChI=1S/C15H14N3O2S/c16-14(20)15-18-12(11(19)8-10-6-7-17-10)13(21-15)9-4-2-1-3-5-9/h1-5,8,10,17H,6-7H2,(H2,16,20). The van der Waals surface area contributed by atoms with Crippen LogP contribution in [0.1, 0.15) is 26.7 Å². The van der Waals surface area contributed by atoms with Gasteiger partial charge in [0.15, 0.2) is 10.8 Å². The number of thiazole rings is 1. The lowest BCUT2D eigenvalue weighted by Crippen LogP contribution is -2.44. The molecule has 1 aliphatic heterocycles. The number of benzene rings is 1. The maximum atomic E-state index is 12.4. The summed E-state index contributed by atoms with van der Waals surface area (Å²) in [6.45, 7) is 0.920. The summed E-state index contributed by atoms with van der Waals surface area (Å²) in [5, 5.41) is 3.30. The number of Topliss-reactive ketones (excluding diaryl/α,β-unsaturated/α-hetero) is 1. The molecule has 6 heteroatoms. The number of rotatable bonds is 5. The number of ketones is 1. The first-order valence-corrected chi connectivity index (χ1v) is 7.45. The Bertz CT molecular complexity index is 677. The molecule has 1 aromatic carbocycles. The molecule has 2 heterocycles. The van der Waals surface area contributed by atoms with E-state index in [4.69, 9.17) is 5.73 Å². The van der Waals surface area contributed by atoms with E-state index in [-0.39, 0.29) is 16.8 Å². The Morgan fingerprint density at radius 1 is 1.33 bits per heavy atom. The van der Waals surface area contributed by atoms with Gasteiger partial charge in [-0.05, 0) is 18.5 Å². The van der Waals surface area contributed by atoms with Gasteiger partial charge >= 0.3 is 0 Å². The van der Waals surface area contributed by atoms with E-state index in [0.29, 0.717) is 10.6 Å². The highest BCUT2D eigenvalue weighted by Crippen LogP contribution is 2.31. The van der Waals surface area contributed by atoms with E-state index in [1.54, 1.807) is 6.42 Å². The summed E-state index contributed by atoms with van der Waals surface area (Å²) in [5.74, 6) is -0.784. The Kier molecular flexibility index (Phi) is 3.81. The van der Waals surface area contributed by atoms with Gasteiger partial charge in [0.25, 0.3) is 5.91 Å². The third-order valence-electron chi connectivity index (χ3n) is 3.32. The highest BCUT2D eigenvalue weighted by Gasteiger charge is 2.26. The van der Waals surface area contributed by atoms with Gasteiger partial charge in [-0.2, -0.15) is 0 Å². The molecule has 1 aliphatic rings. The first kappa shape index (κ1) is 13.9. The Balaban J connectivity index is 1.97. The van der Waals surface area contributed by atoms with Gasteiger partial charge in [-0.15, -0.1) is 11.3 Å². The molecule has 5 nitrogen and oxygen atoms in total. The molecule has 2 aromatic rings. The highest BCUT2D eigenvalue weighted by molar-refractivity contribution is 7.17. The molecule has 107 valence electrons. The van der Waals surface area contributed by atoms with Crippen LogP contribution in [-0.4, -0.2) is 29.3 Å². The zero-order valence-electron chi connectivity index (χ0n) is 11.2. The van der Waals surface area contributed by atoms with Gasteiger partial charge in [0, 0.05) is 6.04 Å². The summed E-state index contributed by atoms with van der Waals surface area (Å²) < 4.78 is 0. The van der Waals surface area contributed by atoms with Gasteiger partial charge in [-0.25, -0.2) is 4.98 Å². The van der Waals surface area contributed by atoms with Crippen molar-refractivity contribution in [1.29, 1.82) is 0 Å². The van der Waals surface area contributed by atoms with Gasteiger partial charge < -0.3 is 11.1 Å². The highest BCUT2D eigenvalue weighted by atomic mass is 32.1. The van der Waals surface area contributed by atoms with Crippen LogP contribution in [0.2, 0.25) is 0 Å². The van der Waals surface area contributed by atoms with Gasteiger partial charge in [0.2, 0.25) is 0 Å². The van der Waals surface area contributed by atoms with Crippen LogP contribution in [-0.2, 0) is 0 Å². The van der Waals surface area contributed by atoms with E-state index >= 15 is 0 Å². The van der Waals surface area contributed by atoms with Crippen molar-refractivity contribution in [3.05, 3.63) is 47.5 Å². The minimum Gasteiger partial charge on any atom is -0.364 e. The number of aromatic nitrogens is 1. The zero-order chi connectivity index (χ0) is 14.8. The molecule has 1 aromatic heterocycles. The Morgan fingerprint density at radius 3 is 2.62 bits per heavy atom. The van der Waals surface area contributed by atoms with E-state index in [9.17, 15) is 9.59 Å². The largest absolute Gasteiger partial charge is 0.364 e. The van der Waals surface area contributed by atoms with E-state index in [1.165, 1.54) is 0 Å². The van der Waals surface area contributed by atoms with Crippen molar-refractivity contribution in [2.75, 3.05) is 6.54 Å². The SMILES string of the molecule is NC(=O)c1nc(C(=O)[CH]C2CCN2)c(-c2ccccc2)s1. The van der Waals surface area contributed by atoms with E-state index < -0.39 is 5.91 Å². The molecule has 0 aliphatic carbocycles. The summed E-state index contributed by atoms with van der Waals surface area (Å²) in [6.07, 6.45) is 2.56. The first-order chi connectivity index (χ1) is 10.1. The monoisotopic (exact) mass is 300 g/mol. The molecule has 3 N–H and O–H groups in total. The number of nitrogens with zero attached hydrogens (tertiary/aromatic N) is 1. The molecule has 1 saturated heterocycles. The zero-order valence-corrected chi connectivity index (χ0v) is 12.0. The number of hydrogen-bond donors (Lipinski definition) is 2. The lowest BCUT2D eigenvalue weighted by molar-refractivity contribution is 0.0999. The number of primary amides is 1. The lowest BCUT2D eigenvalue weighted by atomic mass is 9.98. The Hall–Kier alpha value is -2.05. The minimum atomic E-state index is -0.613. The molecule has 1 atom stereocenters. The van der Waals surface area contributed by atoms with Crippen LogP contribution in [0.5, 0.6) is 0 Å². The molecule has 1 unspecified atom stereocenters. The number of nitrogens with one attached hydrogen (secondary N) is 1. The van der Waals surface area contributed by atoms with Crippen LogP contribution in [0.25, 0.3) is 10.4 Å². The molecule has 0 spiro atoms. The average Bonchev–Trinajstić information content (AvgIpc) is 2.89. The van der Waals surface area contributed by atoms with Gasteiger partial charge in [-0.1, -0.05) is 30.3 Å².